The summed E-state index contributed by atoms with van der Waals surface area (Å²) in [6, 6.07) is 3.70. The number of unbranched alkanes of at least 4 members (excludes halogenated alkanes) is 1. The van der Waals surface area contributed by atoms with Crippen LogP contribution in [0.2, 0.25) is 0 Å². The van der Waals surface area contributed by atoms with Crippen molar-refractivity contribution in [2.75, 3.05) is 13.2 Å². The number of aliphatic hydroxyl groups excluding tert-OH is 1. The Morgan fingerprint density at radius 2 is 2.38 bits per heavy atom. The van der Waals surface area contributed by atoms with E-state index in [4.69, 9.17) is 5.11 Å². The zero-order valence-corrected chi connectivity index (χ0v) is 9.10. The smallest absolute Gasteiger partial charge is 0.243 e. The van der Waals surface area contributed by atoms with Crippen molar-refractivity contribution in [2.45, 2.75) is 12.8 Å². The van der Waals surface area contributed by atoms with Crippen LogP contribution >= 0.6 is 0 Å². The molecular formula is C12H16N2O2. The highest BCUT2D eigenvalue weighted by Gasteiger charge is 1.94. The van der Waals surface area contributed by atoms with Crippen molar-refractivity contribution in [2.24, 2.45) is 0 Å². The number of pyridine rings is 1. The van der Waals surface area contributed by atoms with Crippen LogP contribution < -0.4 is 5.32 Å². The number of aliphatic hydroxyl groups is 1. The highest BCUT2D eigenvalue weighted by molar-refractivity contribution is 5.91. The molecule has 0 aliphatic carbocycles. The lowest BCUT2D eigenvalue weighted by Gasteiger charge is -1.99. The Kier molecular flexibility index (Phi) is 5.88. The summed E-state index contributed by atoms with van der Waals surface area (Å²) in [5.74, 6) is -0.123. The molecule has 86 valence electrons. The van der Waals surface area contributed by atoms with E-state index >= 15 is 0 Å². The first-order chi connectivity index (χ1) is 7.83. The van der Waals surface area contributed by atoms with Gasteiger partial charge in [-0.3, -0.25) is 9.78 Å². The van der Waals surface area contributed by atoms with E-state index in [2.05, 4.69) is 10.3 Å². The Hall–Kier alpha value is -1.68. The molecule has 0 aliphatic rings. The molecule has 0 unspecified atom stereocenters. The van der Waals surface area contributed by atoms with Crippen LogP contribution in [0.1, 0.15) is 18.4 Å². The van der Waals surface area contributed by atoms with E-state index < -0.39 is 0 Å². The highest BCUT2D eigenvalue weighted by atomic mass is 16.2. The SMILES string of the molecule is O=C(C=Cc1cccnc1)NCCCCO. The van der Waals surface area contributed by atoms with Gasteiger partial charge in [-0.2, -0.15) is 0 Å². The molecule has 0 saturated carbocycles. The second-order valence-corrected chi connectivity index (χ2v) is 3.34. The quantitative estimate of drug-likeness (QED) is 0.555. The lowest BCUT2D eigenvalue weighted by Crippen LogP contribution is -2.22. The molecule has 1 aromatic rings. The van der Waals surface area contributed by atoms with Gasteiger partial charge in [-0.15, -0.1) is 0 Å². The third-order valence-electron chi connectivity index (χ3n) is 2.00. The summed E-state index contributed by atoms with van der Waals surface area (Å²) < 4.78 is 0. The number of amides is 1. The molecule has 0 aliphatic heterocycles. The highest BCUT2D eigenvalue weighted by Crippen LogP contribution is 1.97. The fourth-order valence-electron chi connectivity index (χ4n) is 1.15. The van der Waals surface area contributed by atoms with Crippen LogP contribution in [0.3, 0.4) is 0 Å². The van der Waals surface area contributed by atoms with Gasteiger partial charge in [0, 0.05) is 31.6 Å². The second-order valence-electron chi connectivity index (χ2n) is 3.34. The van der Waals surface area contributed by atoms with Crippen LogP contribution in [0.4, 0.5) is 0 Å². The maximum atomic E-state index is 11.3. The Bertz CT molecular complexity index is 336. The van der Waals surface area contributed by atoms with Crippen molar-refractivity contribution in [3.8, 4) is 0 Å². The molecule has 0 aromatic carbocycles. The Labute approximate surface area is 95.0 Å². The molecule has 0 spiro atoms. The first-order valence-electron chi connectivity index (χ1n) is 5.30. The Morgan fingerprint density at radius 1 is 1.50 bits per heavy atom. The summed E-state index contributed by atoms with van der Waals surface area (Å²) in [5.41, 5.74) is 0.896. The lowest BCUT2D eigenvalue weighted by atomic mass is 10.2. The maximum absolute atomic E-state index is 11.3. The molecule has 0 atom stereocenters. The average molecular weight is 220 g/mol. The van der Waals surface area contributed by atoms with Gasteiger partial charge in [0.2, 0.25) is 5.91 Å². The molecule has 1 rings (SSSR count). The minimum atomic E-state index is -0.123. The zero-order chi connectivity index (χ0) is 11.6. The molecule has 0 radical (unpaired) electrons. The van der Waals surface area contributed by atoms with Crippen LogP contribution in [0.15, 0.2) is 30.6 Å². The van der Waals surface area contributed by atoms with Crippen molar-refractivity contribution in [1.82, 2.24) is 10.3 Å². The van der Waals surface area contributed by atoms with Gasteiger partial charge in [-0.25, -0.2) is 0 Å². The number of nitrogens with zero attached hydrogens (tertiary/aromatic N) is 1. The van der Waals surface area contributed by atoms with Crippen molar-refractivity contribution < 1.29 is 9.90 Å². The average Bonchev–Trinajstić information content (AvgIpc) is 2.33. The number of nitrogens with one attached hydrogen (secondary N) is 1. The Morgan fingerprint density at radius 3 is 3.06 bits per heavy atom. The van der Waals surface area contributed by atoms with E-state index in [0.29, 0.717) is 13.0 Å². The van der Waals surface area contributed by atoms with Gasteiger partial charge in [-0.1, -0.05) is 6.07 Å². The predicted molar refractivity (Wildman–Crippen MR) is 62.6 cm³/mol. The zero-order valence-electron chi connectivity index (χ0n) is 9.10. The number of hydrogen-bond donors (Lipinski definition) is 2. The number of aromatic nitrogens is 1. The first-order valence-corrected chi connectivity index (χ1v) is 5.30. The van der Waals surface area contributed by atoms with Crippen LogP contribution in [0.25, 0.3) is 6.08 Å². The monoisotopic (exact) mass is 220 g/mol. The Balaban J connectivity index is 2.26. The second kappa shape index (κ2) is 7.59. The van der Waals surface area contributed by atoms with Crippen LogP contribution in [0, 0.1) is 0 Å². The van der Waals surface area contributed by atoms with E-state index in [9.17, 15) is 4.79 Å². The fraction of sp³-hybridized carbons (Fsp3) is 0.333. The third kappa shape index (κ3) is 5.26. The summed E-state index contributed by atoms with van der Waals surface area (Å²) in [4.78, 5) is 15.2. The minimum absolute atomic E-state index is 0.123. The molecule has 16 heavy (non-hydrogen) atoms. The standard InChI is InChI=1S/C12H16N2O2/c15-9-2-1-8-14-12(16)6-5-11-4-3-7-13-10-11/h3-7,10,15H,1-2,8-9H2,(H,14,16). The molecular weight excluding hydrogens is 204 g/mol. The predicted octanol–water partition coefficient (Wildman–Crippen LogP) is 0.983. The van der Waals surface area contributed by atoms with Crippen LogP contribution in [-0.4, -0.2) is 29.1 Å². The van der Waals surface area contributed by atoms with E-state index in [0.717, 1.165) is 12.0 Å². The van der Waals surface area contributed by atoms with Crippen molar-refractivity contribution in [3.63, 3.8) is 0 Å². The van der Waals surface area contributed by atoms with Gasteiger partial charge in [0.05, 0.1) is 0 Å². The first kappa shape index (κ1) is 12.4. The van der Waals surface area contributed by atoms with Crippen molar-refractivity contribution >= 4 is 12.0 Å². The molecule has 2 N–H and O–H groups in total. The summed E-state index contributed by atoms with van der Waals surface area (Å²) in [5, 5.41) is 11.3. The summed E-state index contributed by atoms with van der Waals surface area (Å²) >= 11 is 0. The molecule has 0 fully saturated rings. The van der Waals surface area contributed by atoms with Gasteiger partial charge in [-0.05, 0) is 30.5 Å². The van der Waals surface area contributed by atoms with Gasteiger partial charge in [0.25, 0.3) is 0 Å². The number of hydrogen-bond acceptors (Lipinski definition) is 3. The summed E-state index contributed by atoms with van der Waals surface area (Å²) in [6.45, 7) is 0.762. The van der Waals surface area contributed by atoms with Gasteiger partial charge in [0.15, 0.2) is 0 Å². The van der Waals surface area contributed by atoms with Gasteiger partial charge < -0.3 is 10.4 Å². The minimum Gasteiger partial charge on any atom is -0.396 e. The summed E-state index contributed by atoms with van der Waals surface area (Å²) in [7, 11) is 0. The summed E-state index contributed by atoms with van der Waals surface area (Å²) in [6.07, 6.45) is 8.09. The van der Waals surface area contributed by atoms with Crippen LogP contribution in [-0.2, 0) is 4.79 Å². The molecule has 4 heteroatoms. The van der Waals surface area contributed by atoms with E-state index in [1.165, 1.54) is 6.08 Å². The molecule has 4 nitrogen and oxygen atoms in total. The van der Waals surface area contributed by atoms with Crippen molar-refractivity contribution in [1.29, 1.82) is 0 Å². The third-order valence-corrected chi connectivity index (χ3v) is 2.00. The number of carbonyl (C=O) groups is 1. The van der Waals surface area contributed by atoms with Gasteiger partial charge in [0.1, 0.15) is 0 Å². The lowest BCUT2D eigenvalue weighted by molar-refractivity contribution is -0.116. The molecule has 1 amide bonds. The topological polar surface area (TPSA) is 62.2 Å². The largest absolute Gasteiger partial charge is 0.396 e. The molecule has 1 heterocycles. The fourth-order valence-corrected chi connectivity index (χ4v) is 1.15. The van der Waals surface area contributed by atoms with Crippen LogP contribution in [0.5, 0.6) is 0 Å². The molecule has 0 bridgehead atoms. The number of carbonyl (C=O) groups excluding carboxylic acids is 1. The normalized spacial score (nSPS) is 10.6. The van der Waals surface area contributed by atoms with Gasteiger partial charge >= 0.3 is 0 Å². The maximum Gasteiger partial charge on any atom is 0.243 e. The molecule has 0 saturated heterocycles. The van der Waals surface area contributed by atoms with E-state index in [1.54, 1.807) is 18.5 Å². The van der Waals surface area contributed by atoms with E-state index in [1.807, 2.05) is 12.1 Å². The van der Waals surface area contributed by atoms with Crippen molar-refractivity contribution in [3.05, 3.63) is 36.2 Å². The van der Waals surface area contributed by atoms with E-state index in [-0.39, 0.29) is 12.5 Å². The molecule has 1 aromatic heterocycles. The number of rotatable bonds is 6.